The number of rotatable bonds is 6. The minimum absolute atomic E-state index is 0.0710. The molecule has 0 atom stereocenters. The van der Waals surface area contributed by atoms with Crippen LogP contribution in [0.4, 0.5) is 17.1 Å². The molecule has 7 heteroatoms. The highest BCUT2D eigenvalue weighted by atomic mass is 35.5. The molecular weight excluding hydrogens is 366 g/mol. The number of anilines is 3. The van der Waals surface area contributed by atoms with E-state index in [-0.39, 0.29) is 24.1 Å². The summed E-state index contributed by atoms with van der Waals surface area (Å²) in [5, 5.41) is 9.14. The topological polar surface area (TPSA) is 83.4 Å². The van der Waals surface area contributed by atoms with Crippen molar-refractivity contribution in [2.75, 3.05) is 22.5 Å². The molecule has 0 fully saturated rings. The summed E-state index contributed by atoms with van der Waals surface area (Å²) in [6.45, 7) is 1.96. The second kappa shape index (κ2) is 8.42. The fourth-order valence-electron chi connectivity index (χ4n) is 2.41. The van der Waals surface area contributed by atoms with Crippen LogP contribution in [-0.4, -0.2) is 18.4 Å². The third kappa shape index (κ3) is 5.12. The second-order valence-electron chi connectivity index (χ2n) is 5.87. The summed E-state index contributed by atoms with van der Waals surface area (Å²) >= 11 is 5.96. The van der Waals surface area contributed by atoms with Gasteiger partial charge in [0.1, 0.15) is 0 Å². The molecule has 0 bridgehead atoms. The molecule has 3 aromatic rings. The molecule has 1 aromatic heterocycles. The Morgan fingerprint density at radius 1 is 1.00 bits per heavy atom. The van der Waals surface area contributed by atoms with E-state index in [1.165, 1.54) is 6.26 Å². The SMILES string of the molecule is Cc1ccc(Cl)cc1NC(=O)CNc1cccc(NC(=O)c2ccco2)c1. The van der Waals surface area contributed by atoms with Gasteiger partial charge in [-0.05, 0) is 55.0 Å². The Labute approximate surface area is 161 Å². The number of benzene rings is 2. The van der Waals surface area contributed by atoms with Crippen molar-refractivity contribution in [1.82, 2.24) is 0 Å². The summed E-state index contributed by atoms with van der Waals surface area (Å²) in [4.78, 5) is 24.2. The summed E-state index contributed by atoms with van der Waals surface area (Å²) < 4.78 is 5.06. The first-order valence-electron chi connectivity index (χ1n) is 8.26. The van der Waals surface area contributed by atoms with E-state index in [2.05, 4.69) is 16.0 Å². The molecular formula is C20H18ClN3O3. The van der Waals surface area contributed by atoms with Gasteiger partial charge in [0, 0.05) is 22.1 Å². The Morgan fingerprint density at radius 2 is 1.81 bits per heavy atom. The van der Waals surface area contributed by atoms with Crippen LogP contribution >= 0.6 is 11.6 Å². The molecule has 0 radical (unpaired) electrons. The maximum atomic E-state index is 12.2. The van der Waals surface area contributed by atoms with Crippen LogP contribution in [0.1, 0.15) is 16.1 Å². The molecule has 0 aliphatic rings. The van der Waals surface area contributed by atoms with E-state index in [9.17, 15) is 9.59 Å². The van der Waals surface area contributed by atoms with Crippen molar-refractivity contribution in [3.8, 4) is 0 Å². The molecule has 1 heterocycles. The van der Waals surface area contributed by atoms with Gasteiger partial charge in [-0.1, -0.05) is 23.7 Å². The maximum absolute atomic E-state index is 12.2. The van der Waals surface area contributed by atoms with E-state index in [1.807, 2.05) is 13.0 Å². The highest BCUT2D eigenvalue weighted by molar-refractivity contribution is 6.31. The lowest BCUT2D eigenvalue weighted by atomic mass is 10.2. The van der Waals surface area contributed by atoms with E-state index in [1.54, 1.807) is 48.5 Å². The molecule has 2 amide bonds. The first-order valence-corrected chi connectivity index (χ1v) is 8.64. The number of furan rings is 1. The van der Waals surface area contributed by atoms with E-state index >= 15 is 0 Å². The Kier molecular flexibility index (Phi) is 5.78. The standard InChI is InChI=1S/C20H18ClN3O3/c1-13-7-8-14(21)10-17(13)24-19(25)12-22-15-4-2-5-16(11-15)23-20(26)18-6-3-9-27-18/h2-11,22H,12H2,1H3,(H,23,26)(H,24,25). The van der Waals surface area contributed by atoms with Gasteiger partial charge >= 0.3 is 0 Å². The highest BCUT2D eigenvalue weighted by Crippen LogP contribution is 2.20. The molecule has 3 N–H and O–H groups in total. The zero-order chi connectivity index (χ0) is 19.2. The molecule has 27 heavy (non-hydrogen) atoms. The van der Waals surface area contributed by atoms with Gasteiger partial charge < -0.3 is 20.4 Å². The number of nitrogens with one attached hydrogen (secondary N) is 3. The van der Waals surface area contributed by atoms with Crippen molar-refractivity contribution >= 4 is 40.5 Å². The number of hydrogen-bond acceptors (Lipinski definition) is 4. The number of amides is 2. The van der Waals surface area contributed by atoms with Crippen LogP contribution in [0.25, 0.3) is 0 Å². The molecule has 6 nitrogen and oxygen atoms in total. The van der Waals surface area contributed by atoms with Crippen LogP contribution in [0.15, 0.2) is 65.3 Å². The molecule has 0 saturated carbocycles. The summed E-state index contributed by atoms with van der Waals surface area (Å²) in [7, 11) is 0. The van der Waals surface area contributed by atoms with Crippen molar-refractivity contribution < 1.29 is 14.0 Å². The zero-order valence-corrected chi connectivity index (χ0v) is 15.3. The van der Waals surface area contributed by atoms with Crippen molar-refractivity contribution in [3.05, 3.63) is 77.2 Å². The summed E-state index contributed by atoms with van der Waals surface area (Å²) in [6.07, 6.45) is 1.44. The van der Waals surface area contributed by atoms with Crippen molar-refractivity contribution in [3.63, 3.8) is 0 Å². The van der Waals surface area contributed by atoms with Gasteiger partial charge in [-0.15, -0.1) is 0 Å². The monoisotopic (exact) mass is 383 g/mol. The molecule has 0 aliphatic carbocycles. The Hall–Kier alpha value is -3.25. The van der Waals surface area contributed by atoms with Crippen molar-refractivity contribution in [2.24, 2.45) is 0 Å². The Morgan fingerprint density at radius 3 is 2.59 bits per heavy atom. The lowest BCUT2D eigenvalue weighted by Crippen LogP contribution is -2.22. The van der Waals surface area contributed by atoms with Crippen LogP contribution in [0, 0.1) is 6.92 Å². The molecule has 0 spiro atoms. The molecule has 0 unspecified atom stereocenters. The van der Waals surface area contributed by atoms with E-state index < -0.39 is 0 Å². The fourth-order valence-corrected chi connectivity index (χ4v) is 2.59. The lowest BCUT2D eigenvalue weighted by molar-refractivity contribution is -0.114. The zero-order valence-electron chi connectivity index (χ0n) is 14.6. The van der Waals surface area contributed by atoms with Crippen LogP contribution in [0.2, 0.25) is 5.02 Å². The largest absolute Gasteiger partial charge is 0.459 e. The van der Waals surface area contributed by atoms with E-state index in [4.69, 9.17) is 16.0 Å². The Balaban J connectivity index is 1.57. The normalized spacial score (nSPS) is 10.3. The first kappa shape index (κ1) is 18.5. The number of halogens is 1. The lowest BCUT2D eigenvalue weighted by Gasteiger charge is -2.11. The fraction of sp³-hybridized carbons (Fsp3) is 0.100. The van der Waals surface area contributed by atoms with Crippen LogP contribution in [0.5, 0.6) is 0 Å². The van der Waals surface area contributed by atoms with E-state index in [0.29, 0.717) is 22.1 Å². The molecule has 2 aromatic carbocycles. The third-order valence-corrected chi connectivity index (χ3v) is 4.03. The van der Waals surface area contributed by atoms with Crippen molar-refractivity contribution in [2.45, 2.75) is 6.92 Å². The number of carbonyl (C=O) groups excluding carboxylic acids is 2. The van der Waals surface area contributed by atoms with Crippen LogP contribution < -0.4 is 16.0 Å². The van der Waals surface area contributed by atoms with Gasteiger partial charge in [0.2, 0.25) is 5.91 Å². The van der Waals surface area contributed by atoms with Gasteiger partial charge in [0.15, 0.2) is 5.76 Å². The first-order chi connectivity index (χ1) is 13.0. The average Bonchev–Trinajstić information content (AvgIpc) is 3.18. The van der Waals surface area contributed by atoms with Gasteiger partial charge in [0.25, 0.3) is 5.91 Å². The summed E-state index contributed by atoms with van der Waals surface area (Å²) in [5.41, 5.74) is 2.89. The predicted octanol–water partition coefficient (Wildman–Crippen LogP) is 4.54. The number of aryl methyl sites for hydroxylation is 1. The Bertz CT molecular complexity index is 955. The average molecular weight is 384 g/mol. The van der Waals surface area contributed by atoms with Crippen molar-refractivity contribution in [1.29, 1.82) is 0 Å². The highest BCUT2D eigenvalue weighted by Gasteiger charge is 2.09. The molecule has 0 saturated heterocycles. The van der Waals surface area contributed by atoms with Crippen LogP contribution in [0.3, 0.4) is 0 Å². The minimum Gasteiger partial charge on any atom is -0.459 e. The number of hydrogen-bond donors (Lipinski definition) is 3. The molecule has 0 aliphatic heterocycles. The van der Waals surface area contributed by atoms with Gasteiger partial charge in [-0.25, -0.2) is 0 Å². The minimum atomic E-state index is -0.341. The predicted molar refractivity (Wildman–Crippen MR) is 106 cm³/mol. The van der Waals surface area contributed by atoms with E-state index in [0.717, 1.165) is 5.56 Å². The third-order valence-electron chi connectivity index (χ3n) is 3.79. The molecule has 138 valence electrons. The summed E-state index contributed by atoms with van der Waals surface area (Å²) in [6, 6.07) is 15.6. The van der Waals surface area contributed by atoms with Crippen LogP contribution in [-0.2, 0) is 4.79 Å². The van der Waals surface area contributed by atoms with Gasteiger partial charge in [0.05, 0.1) is 12.8 Å². The number of carbonyl (C=O) groups is 2. The molecule has 3 rings (SSSR count). The maximum Gasteiger partial charge on any atom is 0.291 e. The second-order valence-corrected chi connectivity index (χ2v) is 6.31. The quantitative estimate of drug-likeness (QED) is 0.583. The van der Waals surface area contributed by atoms with Gasteiger partial charge in [-0.2, -0.15) is 0 Å². The van der Waals surface area contributed by atoms with Gasteiger partial charge in [-0.3, -0.25) is 9.59 Å². The smallest absolute Gasteiger partial charge is 0.291 e. The summed E-state index contributed by atoms with van der Waals surface area (Å²) in [5.74, 6) is -0.318.